The monoisotopic (exact) mass is 438 g/mol. The second kappa shape index (κ2) is 8.99. The molecule has 1 aromatic heterocycles. The molecule has 5 rings (SSSR count). The minimum absolute atomic E-state index is 0.0961. The van der Waals surface area contributed by atoms with Crippen LogP contribution in [0.2, 0.25) is 0 Å². The van der Waals surface area contributed by atoms with E-state index in [1.165, 1.54) is 37.8 Å². The lowest BCUT2D eigenvalue weighted by Crippen LogP contribution is -2.49. The van der Waals surface area contributed by atoms with Crippen molar-refractivity contribution in [3.63, 3.8) is 0 Å². The second-order valence-corrected chi connectivity index (χ2v) is 9.20. The van der Waals surface area contributed by atoms with Crippen LogP contribution in [0.15, 0.2) is 18.3 Å². The zero-order chi connectivity index (χ0) is 22.1. The Hall–Kier alpha value is -2.79. The Labute approximate surface area is 187 Å². The van der Waals surface area contributed by atoms with Crippen molar-refractivity contribution < 1.29 is 8.78 Å². The van der Waals surface area contributed by atoms with Gasteiger partial charge in [0.05, 0.1) is 23.5 Å². The average molecular weight is 439 g/mol. The van der Waals surface area contributed by atoms with E-state index in [9.17, 15) is 14.0 Å². The summed E-state index contributed by atoms with van der Waals surface area (Å²) in [4.78, 5) is 10.8. The number of nitrogens with zero attached hydrogens (tertiary/aromatic N) is 4. The Morgan fingerprint density at radius 1 is 1.06 bits per heavy atom. The first-order valence-corrected chi connectivity index (χ1v) is 11.6. The molecule has 0 amide bonds. The quantitative estimate of drug-likeness (QED) is 0.666. The van der Waals surface area contributed by atoms with Gasteiger partial charge in [-0.05, 0) is 81.1 Å². The minimum atomic E-state index is -0.533. The van der Waals surface area contributed by atoms with Crippen LogP contribution in [-0.4, -0.2) is 40.5 Å². The van der Waals surface area contributed by atoms with Gasteiger partial charge < -0.3 is 15.5 Å². The summed E-state index contributed by atoms with van der Waals surface area (Å²) >= 11 is 0. The third kappa shape index (κ3) is 4.40. The van der Waals surface area contributed by atoms with E-state index in [0.717, 1.165) is 44.1 Å². The molecule has 3 heterocycles. The van der Waals surface area contributed by atoms with Gasteiger partial charge in [-0.1, -0.05) is 6.42 Å². The summed E-state index contributed by atoms with van der Waals surface area (Å²) in [6.07, 6.45) is 9.06. The van der Waals surface area contributed by atoms with Crippen molar-refractivity contribution in [2.75, 3.05) is 30.3 Å². The largest absolute Gasteiger partial charge is 0.367 e. The molecule has 1 aromatic carbocycles. The summed E-state index contributed by atoms with van der Waals surface area (Å²) in [5.41, 5.74) is 1.32. The third-order valence-corrected chi connectivity index (χ3v) is 7.03. The van der Waals surface area contributed by atoms with Crippen LogP contribution in [-0.2, 0) is 0 Å². The van der Waals surface area contributed by atoms with Crippen molar-refractivity contribution in [3.8, 4) is 6.07 Å². The predicted molar refractivity (Wildman–Crippen MR) is 119 cm³/mol. The van der Waals surface area contributed by atoms with Gasteiger partial charge in [0.25, 0.3) is 0 Å². The first kappa shape index (κ1) is 21.1. The molecule has 32 heavy (non-hydrogen) atoms. The Kier molecular flexibility index (Phi) is 5.92. The van der Waals surface area contributed by atoms with E-state index < -0.39 is 11.6 Å². The van der Waals surface area contributed by atoms with E-state index in [0.29, 0.717) is 24.1 Å². The number of hydrogen-bond donors (Lipinski definition) is 2. The van der Waals surface area contributed by atoms with Gasteiger partial charge in [0.2, 0.25) is 5.95 Å². The first-order valence-electron chi connectivity index (χ1n) is 11.6. The zero-order valence-corrected chi connectivity index (χ0v) is 18.1. The number of aromatic nitrogens is 2. The van der Waals surface area contributed by atoms with Crippen molar-refractivity contribution in [3.05, 3.63) is 41.1 Å². The highest BCUT2D eigenvalue weighted by Gasteiger charge is 2.33. The summed E-state index contributed by atoms with van der Waals surface area (Å²) < 4.78 is 29.0. The van der Waals surface area contributed by atoms with Crippen molar-refractivity contribution in [2.45, 2.75) is 56.9 Å². The molecule has 2 atom stereocenters. The molecule has 0 spiro atoms. The fourth-order valence-corrected chi connectivity index (χ4v) is 5.23. The SMILES string of the molecule is N#Cc1cc(Nc2ncc(F)c(NC[C@@H]3CCCN4CCCC[C@H]34)n2)c(F)cc1C1CC1. The highest BCUT2D eigenvalue weighted by Crippen LogP contribution is 2.43. The van der Waals surface area contributed by atoms with Crippen LogP contribution in [0.5, 0.6) is 0 Å². The lowest BCUT2D eigenvalue weighted by Gasteiger charge is -2.44. The number of anilines is 3. The summed E-state index contributed by atoms with van der Waals surface area (Å²) in [6.45, 7) is 2.97. The van der Waals surface area contributed by atoms with Crippen LogP contribution in [0.4, 0.5) is 26.2 Å². The fourth-order valence-electron chi connectivity index (χ4n) is 5.23. The Morgan fingerprint density at radius 2 is 1.91 bits per heavy atom. The molecule has 8 heteroatoms. The van der Waals surface area contributed by atoms with Crippen molar-refractivity contribution >= 4 is 17.5 Å². The molecule has 0 bridgehead atoms. The molecule has 2 aromatic rings. The smallest absolute Gasteiger partial charge is 0.229 e. The first-order chi connectivity index (χ1) is 15.6. The van der Waals surface area contributed by atoms with E-state index in [4.69, 9.17) is 0 Å². The Bertz CT molecular complexity index is 1030. The lowest BCUT2D eigenvalue weighted by atomic mass is 9.83. The Morgan fingerprint density at radius 3 is 2.72 bits per heavy atom. The Balaban J connectivity index is 1.29. The van der Waals surface area contributed by atoms with Gasteiger partial charge in [0, 0.05) is 12.6 Å². The van der Waals surface area contributed by atoms with Gasteiger partial charge in [-0.25, -0.2) is 13.8 Å². The van der Waals surface area contributed by atoms with Crippen LogP contribution < -0.4 is 10.6 Å². The highest BCUT2D eigenvalue weighted by molar-refractivity contribution is 5.61. The molecule has 2 saturated heterocycles. The molecule has 3 aliphatic rings. The van der Waals surface area contributed by atoms with E-state index in [1.54, 1.807) is 0 Å². The van der Waals surface area contributed by atoms with Gasteiger partial charge in [0.1, 0.15) is 5.82 Å². The molecule has 2 aliphatic heterocycles. The molecule has 1 aliphatic carbocycles. The number of nitriles is 1. The number of hydrogen-bond acceptors (Lipinski definition) is 6. The number of halogens is 2. The molecule has 3 fully saturated rings. The average Bonchev–Trinajstić information content (AvgIpc) is 3.66. The zero-order valence-electron chi connectivity index (χ0n) is 18.1. The summed E-state index contributed by atoms with van der Waals surface area (Å²) in [6, 6.07) is 5.60. The third-order valence-electron chi connectivity index (χ3n) is 7.03. The van der Waals surface area contributed by atoms with Gasteiger partial charge in [-0.3, -0.25) is 0 Å². The van der Waals surface area contributed by atoms with Gasteiger partial charge in [0.15, 0.2) is 11.6 Å². The molecule has 168 valence electrons. The topological polar surface area (TPSA) is 76.9 Å². The van der Waals surface area contributed by atoms with E-state index >= 15 is 0 Å². The van der Waals surface area contributed by atoms with Crippen LogP contribution in [0.25, 0.3) is 0 Å². The van der Waals surface area contributed by atoms with Crippen molar-refractivity contribution in [2.24, 2.45) is 5.92 Å². The number of piperidine rings is 2. The fraction of sp³-hybridized carbons (Fsp3) is 0.542. The minimum Gasteiger partial charge on any atom is -0.367 e. The molecule has 1 saturated carbocycles. The maximum Gasteiger partial charge on any atom is 0.229 e. The van der Waals surface area contributed by atoms with Crippen LogP contribution in [0.1, 0.15) is 62.0 Å². The highest BCUT2D eigenvalue weighted by atomic mass is 19.1. The summed E-state index contributed by atoms with van der Waals surface area (Å²) in [5, 5.41) is 15.4. The molecule has 0 radical (unpaired) electrons. The summed E-state index contributed by atoms with van der Waals surface area (Å²) in [7, 11) is 0. The number of rotatable bonds is 6. The maximum absolute atomic E-state index is 14.6. The van der Waals surface area contributed by atoms with Gasteiger partial charge >= 0.3 is 0 Å². The number of nitrogens with one attached hydrogen (secondary N) is 2. The predicted octanol–water partition coefficient (Wildman–Crippen LogP) is 4.92. The van der Waals surface area contributed by atoms with E-state index in [1.807, 2.05) is 0 Å². The van der Waals surface area contributed by atoms with Crippen molar-refractivity contribution in [1.29, 1.82) is 5.26 Å². The molecule has 6 nitrogen and oxygen atoms in total. The number of fused-ring (bicyclic) bond motifs is 1. The molecular formula is C24H28F2N6. The van der Waals surface area contributed by atoms with E-state index in [-0.39, 0.29) is 23.4 Å². The maximum atomic E-state index is 14.6. The van der Waals surface area contributed by atoms with Crippen LogP contribution >= 0.6 is 0 Å². The van der Waals surface area contributed by atoms with Crippen LogP contribution in [0.3, 0.4) is 0 Å². The van der Waals surface area contributed by atoms with E-state index in [2.05, 4.69) is 31.6 Å². The lowest BCUT2D eigenvalue weighted by molar-refractivity contribution is 0.0648. The second-order valence-electron chi connectivity index (χ2n) is 9.20. The normalized spacial score (nSPS) is 23.3. The van der Waals surface area contributed by atoms with Crippen LogP contribution in [0, 0.1) is 28.9 Å². The van der Waals surface area contributed by atoms with Gasteiger partial charge in [-0.2, -0.15) is 10.2 Å². The molecule has 0 unspecified atom stereocenters. The molecular weight excluding hydrogens is 410 g/mol. The van der Waals surface area contributed by atoms with Gasteiger partial charge in [-0.15, -0.1) is 0 Å². The summed E-state index contributed by atoms with van der Waals surface area (Å²) in [5.74, 6) is -0.0572. The van der Waals surface area contributed by atoms with Crippen molar-refractivity contribution in [1.82, 2.24) is 14.9 Å². The standard InChI is InChI=1S/C24H28F2N6/c25-19-11-18(15-6-7-15)17(12-27)10-21(19)30-24-29-14-20(26)23(31-24)28-13-16-4-3-9-32-8-2-1-5-22(16)32/h10-11,14-16,22H,1-9,13H2,(H2,28,29,30,31)/t16-,22+/m0/s1. The number of benzene rings is 1. The molecule has 2 N–H and O–H groups in total.